The normalized spacial score (nSPS) is 13.5. The van der Waals surface area contributed by atoms with Gasteiger partial charge in [0.25, 0.3) is 0 Å². The van der Waals surface area contributed by atoms with Gasteiger partial charge in [-0.15, -0.1) is 0 Å². The summed E-state index contributed by atoms with van der Waals surface area (Å²) in [6.07, 6.45) is 2.53. The molecular weight excluding hydrogens is 288 g/mol. The second-order valence-electron chi connectivity index (χ2n) is 4.84. The fourth-order valence-electron chi connectivity index (χ4n) is 2.01. The van der Waals surface area contributed by atoms with Crippen molar-refractivity contribution in [1.82, 2.24) is 10.3 Å². The molecule has 1 amide bonds. The van der Waals surface area contributed by atoms with Crippen molar-refractivity contribution in [1.29, 1.82) is 0 Å². The van der Waals surface area contributed by atoms with Crippen molar-refractivity contribution >= 4 is 17.5 Å². The minimum absolute atomic E-state index is 0.0110. The summed E-state index contributed by atoms with van der Waals surface area (Å²) >= 11 is 5.79. The molecule has 0 bridgehead atoms. The van der Waals surface area contributed by atoms with Crippen LogP contribution in [0.3, 0.4) is 0 Å². The van der Waals surface area contributed by atoms with Gasteiger partial charge < -0.3 is 10.4 Å². The van der Waals surface area contributed by atoms with Crippen LogP contribution < -0.4 is 5.32 Å². The number of benzene rings is 1. The summed E-state index contributed by atoms with van der Waals surface area (Å²) in [6.45, 7) is 1.89. The van der Waals surface area contributed by atoms with E-state index in [2.05, 4.69) is 10.3 Å². The highest BCUT2D eigenvalue weighted by atomic mass is 35.5. The molecule has 1 aromatic heterocycles. The first-order valence-corrected chi connectivity index (χ1v) is 7.07. The molecule has 1 heterocycles. The molecule has 5 heteroatoms. The molecule has 2 aromatic rings. The molecule has 2 atom stereocenters. The van der Waals surface area contributed by atoms with Gasteiger partial charge in [-0.25, -0.2) is 0 Å². The van der Waals surface area contributed by atoms with Crippen molar-refractivity contribution in [2.24, 2.45) is 0 Å². The van der Waals surface area contributed by atoms with Crippen LogP contribution in [0.4, 0.5) is 0 Å². The number of pyridine rings is 1. The molecule has 1 aromatic carbocycles. The average Bonchev–Trinajstić information content (AvgIpc) is 2.48. The Labute approximate surface area is 128 Å². The van der Waals surface area contributed by atoms with Gasteiger partial charge >= 0.3 is 0 Å². The van der Waals surface area contributed by atoms with Crippen LogP contribution in [0.15, 0.2) is 48.8 Å². The summed E-state index contributed by atoms with van der Waals surface area (Å²) in [5.41, 5.74) is 1.64. The number of nitrogens with one attached hydrogen (secondary N) is 1. The van der Waals surface area contributed by atoms with Crippen molar-refractivity contribution in [3.05, 3.63) is 64.9 Å². The van der Waals surface area contributed by atoms with Crippen LogP contribution in [0, 0.1) is 0 Å². The van der Waals surface area contributed by atoms with Crippen molar-refractivity contribution in [2.45, 2.75) is 25.5 Å². The Bertz CT molecular complexity index is 587. The molecular formula is C16H17ClN2O2. The number of halogens is 1. The highest BCUT2D eigenvalue weighted by Gasteiger charge is 2.15. The lowest BCUT2D eigenvalue weighted by molar-refractivity contribution is -0.123. The summed E-state index contributed by atoms with van der Waals surface area (Å²) in [4.78, 5) is 15.9. The van der Waals surface area contributed by atoms with Crippen LogP contribution in [0.5, 0.6) is 0 Å². The first-order chi connectivity index (χ1) is 10.1. The monoisotopic (exact) mass is 304 g/mol. The lowest BCUT2D eigenvalue weighted by atomic mass is 10.1. The van der Waals surface area contributed by atoms with Gasteiger partial charge in [0.1, 0.15) is 0 Å². The second-order valence-corrected chi connectivity index (χ2v) is 5.28. The van der Waals surface area contributed by atoms with E-state index in [9.17, 15) is 9.90 Å². The number of hydrogen-bond donors (Lipinski definition) is 2. The van der Waals surface area contributed by atoms with E-state index in [4.69, 9.17) is 11.6 Å². The summed E-state index contributed by atoms with van der Waals surface area (Å²) < 4.78 is 0. The molecule has 2 rings (SSSR count). The molecule has 0 fully saturated rings. The van der Waals surface area contributed by atoms with Gasteiger partial charge in [0.05, 0.1) is 18.6 Å². The Hall–Kier alpha value is -1.91. The number of aliphatic hydroxyl groups excluding tert-OH is 1. The number of hydrogen-bond acceptors (Lipinski definition) is 3. The minimum Gasteiger partial charge on any atom is -0.388 e. The Morgan fingerprint density at radius 3 is 2.43 bits per heavy atom. The van der Waals surface area contributed by atoms with Gasteiger partial charge in [-0.05, 0) is 42.3 Å². The van der Waals surface area contributed by atoms with Gasteiger partial charge in [0.2, 0.25) is 5.91 Å². The van der Waals surface area contributed by atoms with E-state index >= 15 is 0 Å². The van der Waals surface area contributed by atoms with Crippen LogP contribution in [-0.2, 0) is 4.79 Å². The number of amides is 1. The van der Waals surface area contributed by atoms with Gasteiger partial charge in [-0.3, -0.25) is 9.78 Å². The Morgan fingerprint density at radius 2 is 1.81 bits per heavy atom. The smallest absolute Gasteiger partial charge is 0.223 e. The number of aromatic nitrogens is 1. The van der Waals surface area contributed by atoms with E-state index in [0.717, 1.165) is 5.56 Å². The SMILES string of the molecule is CC(NC(=O)CC(O)c1ccc(Cl)cc1)c1ccncc1. The predicted octanol–water partition coefficient (Wildman–Crippen LogP) is 3.04. The quantitative estimate of drug-likeness (QED) is 0.892. The zero-order chi connectivity index (χ0) is 15.2. The average molecular weight is 305 g/mol. The first kappa shape index (κ1) is 15.5. The lowest BCUT2D eigenvalue weighted by Gasteiger charge is -2.16. The zero-order valence-electron chi connectivity index (χ0n) is 11.7. The topological polar surface area (TPSA) is 62.2 Å². The number of nitrogens with zero attached hydrogens (tertiary/aromatic N) is 1. The van der Waals surface area contributed by atoms with E-state index in [-0.39, 0.29) is 18.4 Å². The van der Waals surface area contributed by atoms with E-state index < -0.39 is 6.10 Å². The molecule has 0 saturated carbocycles. The van der Waals surface area contributed by atoms with Gasteiger partial charge in [-0.1, -0.05) is 23.7 Å². The van der Waals surface area contributed by atoms with Crippen LogP contribution in [-0.4, -0.2) is 16.0 Å². The van der Waals surface area contributed by atoms with Crippen LogP contribution in [0.25, 0.3) is 0 Å². The molecule has 110 valence electrons. The van der Waals surface area contributed by atoms with Crippen molar-refractivity contribution in [3.63, 3.8) is 0 Å². The summed E-state index contributed by atoms with van der Waals surface area (Å²) in [5, 5.41) is 13.5. The maximum Gasteiger partial charge on any atom is 0.223 e. The molecule has 0 radical (unpaired) electrons. The van der Waals surface area contributed by atoms with Gasteiger partial charge in [0, 0.05) is 17.4 Å². The Kier molecular flexibility index (Phi) is 5.31. The number of carbonyl (C=O) groups is 1. The number of carbonyl (C=O) groups excluding carboxylic acids is 1. The van der Waals surface area contributed by atoms with E-state index in [1.165, 1.54) is 0 Å². The second kappa shape index (κ2) is 7.20. The molecule has 4 nitrogen and oxygen atoms in total. The molecule has 0 aliphatic rings. The molecule has 2 N–H and O–H groups in total. The first-order valence-electron chi connectivity index (χ1n) is 6.69. The molecule has 0 aliphatic carbocycles. The Balaban J connectivity index is 1.91. The third-order valence-electron chi connectivity index (χ3n) is 3.22. The highest BCUT2D eigenvalue weighted by molar-refractivity contribution is 6.30. The summed E-state index contributed by atoms with van der Waals surface area (Å²) in [7, 11) is 0. The van der Waals surface area contributed by atoms with Crippen molar-refractivity contribution < 1.29 is 9.90 Å². The Morgan fingerprint density at radius 1 is 1.19 bits per heavy atom. The van der Waals surface area contributed by atoms with Crippen LogP contribution in [0.2, 0.25) is 5.02 Å². The third-order valence-corrected chi connectivity index (χ3v) is 3.47. The van der Waals surface area contributed by atoms with Gasteiger partial charge in [0.15, 0.2) is 0 Å². The molecule has 0 aliphatic heterocycles. The predicted molar refractivity (Wildman–Crippen MR) is 81.8 cm³/mol. The molecule has 0 spiro atoms. The number of rotatable bonds is 5. The number of aliphatic hydroxyl groups is 1. The van der Waals surface area contributed by atoms with E-state index in [1.54, 1.807) is 36.7 Å². The fraction of sp³-hybridized carbons (Fsp3) is 0.250. The van der Waals surface area contributed by atoms with E-state index in [0.29, 0.717) is 10.6 Å². The lowest BCUT2D eigenvalue weighted by Crippen LogP contribution is -2.28. The molecule has 21 heavy (non-hydrogen) atoms. The third kappa shape index (κ3) is 4.55. The molecule has 0 saturated heterocycles. The highest BCUT2D eigenvalue weighted by Crippen LogP contribution is 2.19. The van der Waals surface area contributed by atoms with Crippen molar-refractivity contribution in [2.75, 3.05) is 0 Å². The zero-order valence-corrected chi connectivity index (χ0v) is 12.4. The van der Waals surface area contributed by atoms with Crippen molar-refractivity contribution in [3.8, 4) is 0 Å². The fourth-order valence-corrected chi connectivity index (χ4v) is 2.14. The largest absolute Gasteiger partial charge is 0.388 e. The van der Waals surface area contributed by atoms with Crippen LogP contribution >= 0.6 is 11.6 Å². The van der Waals surface area contributed by atoms with Crippen LogP contribution in [0.1, 0.15) is 36.6 Å². The minimum atomic E-state index is -0.841. The summed E-state index contributed by atoms with van der Waals surface area (Å²) in [6, 6.07) is 10.4. The maximum atomic E-state index is 12.0. The maximum absolute atomic E-state index is 12.0. The van der Waals surface area contributed by atoms with E-state index in [1.807, 2.05) is 19.1 Å². The molecule has 2 unspecified atom stereocenters. The standard InChI is InChI=1S/C16H17ClN2O2/c1-11(12-6-8-18-9-7-12)19-16(21)10-15(20)13-2-4-14(17)5-3-13/h2-9,11,15,20H,10H2,1H3,(H,19,21). The van der Waals surface area contributed by atoms with Gasteiger partial charge in [-0.2, -0.15) is 0 Å². The summed E-state index contributed by atoms with van der Waals surface area (Å²) in [5.74, 6) is -0.207.